The average molecular weight is 480 g/mol. The van der Waals surface area contributed by atoms with Crippen molar-refractivity contribution in [1.29, 1.82) is 5.26 Å². The maximum atomic E-state index is 13.7. The SMILES string of the molecule is Cn1cnnc1CC1(c2cccc(-n3cc4c(C(F)(F)F)cc(C=O)cn4c3=O)c2)CC(C#N)C1. The molecule has 5 rings (SSSR count). The minimum atomic E-state index is -4.75. The van der Waals surface area contributed by atoms with E-state index in [1.165, 1.54) is 0 Å². The molecule has 0 amide bonds. The number of halogens is 3. The van der Waals surface area contributed by atoms with Crippen molar-refractivity contribution in [3.63, 3.8) is 0 Å². The van der Waals surface area contributed by atoms with Crippen molar-refractivity contribution in [2.45, 2.75) is 30.9 Å². The van der Waals surface area contributed by atoms with Crippen molar-refractivity contribution >= 4 is 11.8 Å². The third kappa shape index (κ3) is 3.71. The summed E-state index contributed by atoms with van der Waals surface area (Å²) in [5.74, 6) is 0.623. The van der Waals surface area contributed by atoms with Crippen LogP contribution in [-0.2, 0) is 25.1 Å². The van der Waals surface area contributed by atoms with Gasteiger partial charge in [-0.05, 0) is 36.6 Å². The number of imidazole rings is 1. The highest BCUT2D eigenvalue weighted by molar-refractivity contribution is 5.77. The fraction of sp³-hybridized carbons (Fsp3) is 0.292. The van der Waals surface area contributed by atoms with E-state index >= 15 is 0 Å². The molecule has 0 radical (unpaired) electrons. The van der Waals surface area contributed by atoms with E-state index in [1.54, 1.807) is 29.1 Å². The molecule has 178 valence electrons. The van der Waals surface area contributed by atoms with Crippen LogP contribution in [0.15, 0.2) is 53.8 Å². The number of pyridine rings is 1. The van der Waals surface area contributed by atoms with Crippen LogP contribution in [0.5, 0.6) is 0 Å². The maximum absolute atomic E-state index is 13.7. The van der Waals surface area contributed by atoms with E-state index in [1.807, 2.05) is 13.1 Å². The Bertz CT molecular complexity index is 1550. The number of nitriles is 1. The Morgan fingerprint density at radius 2 is 2.03 bits per heavy atom. The minimum Gasteiger partial charge on any atom is -0.321 e. The lowest BCUT2D eigenvalue weighted by Crippen LogP contribution is -2.43. The summed E-state index contributed by atoms with van der Waals surface area (Å²) in [6.07, 6.45) is 1.06. The van der Waals surface area contributed by atoms with Gasteiger partial charge in [-0.2, -0.15) is 18.4 Å². The number of aromatic nitrogens is 5. The Labute approximate surface area is 196 Å². The highest BCUT2D eigenvalue weighted by atomic mass is 19.4. The zero-order chi connectivity index (χ0) is 25.0. The maximum Gasteiger partial charge on any atom is 0.418 e. The number of rotatable bonds is 5. The van der Waals surface area contributed by atoms with Crippen molar-refractivity contribution in [3.05, 3.63) is 82.1 Å². The van der Waals surface area contributed by atoms with Crippen LogP contribution in [-0.4, -0.2) is 30.0 Å². The molecule has 1 aliphatic rings. The summed E-state index contributed by atoms with van der Waals surface area (Å²) in [4.78, 5) is 24.3. The lowest BCUT2D eigenvalue weighted by molar-refractivity contribution is -0.136. The number of carbonyl (C=O) groups excluding carboxylic acids is 1. The third-order valence-electron chi connectivity index (χ3n) is 6.72. The van der Waals surface area contributed by atoms with Crippen molar-refractivity contribution in [1.82, 2.24) is 23.7 Å². The van der Waals surface area contributed by atoms with Crippen LogP contribution < -0.4 is 5.69 Å². The summed E-state index contributed by atoms with van der Waals surface area (Å²) < 4.78 is 44.7. The molecule has 1 aromatic carbocycles. The van der Waals surface area contributed by atoms with Crippen LogP contribution in [0.25, 0.3) is 11.2 Å². The molecule has 35 heavy (non-hydrogen) atoms. The van der Waals surface area contributed by atoms with Crippen molar-refractivity contribution in [2.24, 2.45) is 13.0 Å². The second kappa shape index (κ2) is 7.94. The molecule has 0 spiro atoms. The van der Waals surface area contributed by atoms with Crippen LogP contribution in [0, 0.1) is 17.2 Å². The molecule has 3 aromatic heterocycles. The molecule has 1 saturated carbocycles. The van der Waals surface area contributed by atoms with Gasteiger partial charge in [0, 0.05) is 42.8 Å². The monoisotopic (exact) mass is 480 g/mol. The molecule has 0 unspecified atom stereocenters. The van der Waals surface area contributed by atoms with Gasteiger partial charge in [0.15, 0.2) is 6.29 Å². The first-order valence-electron chi connectivity index (χ1n) is 10.8. The molecule has 8 nitrogen and oxygen atoms in total. The van der Waals surface area contributed by atoms with Crippen molar-refractivity contribution in [2.75, 3.05) is 0 Å². The van der Waals surface area contributed by atoms with Gasteiger partial charge in [0.25, 0.3) is 0 Å². The number of hydrogen-bond donors (Lipinski definition) is 0. The van der Waals surface area contributed by atoms with E-state index in [4.69, 9.17) is 0 Å². The van der Waals surface area contributed by atoms with Crippen LogP contribution in [0.2, 0.25) is 0 Å². The first-order chi connectivity index (χ1) is 16.6. The highest BCUT2D eigenvalue weighted by Crippen LogP contribution is 2.49. The van der Waals surface area contributed by atoms with Crippen molar-refractivity contribution < 1.29 is 18.0 Å². The summed E-state index contributed by atoms with van der Waals surface area (Å²) in [7, 11) is 1.83. The predicted molar refractivity (Wildman–Crippen MR) is 118 cm³/mol. The molecular weight excluding hydrogens is 461 g/mol. The number of fused-ring (bicyclic) bond motifs is 1. The lowest BCUT2D eigenvalue weighted by atomic mass is 9.57. The number of hydrogen-bond acceptors (Lipinski definition) is 5. The van der Waals surface area contributed by atoms with Crippen LogP contribution in [0.4, 0.5) is 13.2 Å². The number of nitrogens with zero attached hydrogens (tertiary/aromatic N) is 6. The summed E-state index contributed by atoms with van der Waals surface area (Å²) in [6, 6.07) is 10.0. The molecule has 0 atom stereocenters. The summed E-state index contributed by atoms with van der Waals surface area (Å²) in [5, 5.41) is 17.5. The quantitative estimate of drug-likeness (QED) is 0.408. The van der Waals surface area contributed by atoms with E-state index < -0.39 is 22.8 Å². The molecule has 0 aliphatic heterocycles. The van der Waals surface area contributed by atoms with E-state index in [9.17, 15) is 28.0 Å². The Balaban J connectivity index is 1.63. The molecule has 0 N–H and O–H groups in total. The molecule has 3 heterocycles. The Morgan fingerprint density at radius 1 is 1.26 bits per heavy atom. The highest BCUT2D eigenvalue weighted by Gasteiger charge is 2.46. The Hall–Kier alpha value is -4.20. The smallest absolute Gasteiger partial charge is 0.321 e. The molecule has 4 aromatic rings. The topological polar surface area (TPSA) is 98.0 Å². The number of aldehydes is 1. The van der Waals surface area contributed by atoms with Crippen LogP contribution >= 0.6 is 0 Å². The first-order valence-corrected chi connectivity index (χ1v) is 10.8. The second-order valence-electron chi connectivity index (χ2n) is 8.94. The zero-order valence-corrected chi connectivity index (χ0v) is 18.5. The molecule has 1 aliphatic carbocycles. The van der Waals surface area contributed by atoms with Crippen molar-refractivity contribution in [3.8, 4) is 11.8 Å². The van der Waals surface area contributed by atoms with Gasteiger partial charge in [-0.1, -0.05) is 12.1 Å². The van der Waals surface area contributed by atoms with Gasteiger partial charge in [-0.25, -0.2) is 4.79 Å². The molecule has 0 saturated heterocycles. The van der Waals surface area contributed by atoms with Gasteiger partial charge in [-0.15, -0.1) is 10.2 Å². The molecular formula is C24H19F3N6O2. The van der Waals surface area contributed by atoms with Gasteiger partial charge in [0.1, 0.15) is 12.2 Å². The number of alkyl halides is 3. The summed E-state index contributed by atoms with van der Waals surface area (Å²) >= 11 is 0. The van der Waals surface area contributed by atoms with Gasteiger partial charge in [0.2, 0.25) is 0 Å². The van der Waals surface area contributed by atoms with Gasteiger partial charge in [-0.3, -0.25) is 13.8 Å². The summed E-state index contributed by atoms with van der Waals surface area (Å²) in [6.45, 7) is 0. The van der Waals surface area contributed by atoms with E-state index in [2.05, 4.69) is 16.3 Å². The fourth-order valence-corrected chi connectivity index (χ4v) is 4.90. The number of carbonyl (C=O) groups is 1. The fourth-order valence-electron chi connectivity index (χ4n) is 4.90. The van der Waals surface area contributed by atoms with Gasteiger partial charge >= 0.3 is 11.9 Å². The van der Waals surface area contributed by atoms with Crippen LogP contribution in [0.1, 0.15) is 40.2 Å². The molecule has 1 fully saturated rings. The normalized spacial score (nSPS) is 19.9. The van der Waals surface area contributed by atoms with E-state index in [0.717, 1.165) is 38.8 Å². The zero-order valence-electron chi connectivity index (χ0n) is 18.5. The van der Waals surface area contributed by atoms with E-state index in [0.29, 0.717) is 24.9 Å². The number of benzene rings is 1. The standard InChI is InChI=1S/C24H19F3N6O2/c1-31-14-29-30-21(31)9-23(7-16(8-23)10-28)17-3-2-4-18(6-17)32-12-20-19(24(25,26)27)5-15(13-34)11-33(20)22(32)35/h2-6,11-14,16H,7-9H2,1H3. The second-order valence-corrected chi connectivity index (χ2v) is 8.94. The lowest BCUT2D eigenvalue weighted by Gasteiger charge is -2.45. The Morgan fingerprint density at radius 3 is 2.66 bits per heavy atom. The Kier molecular flexibility index (Phi) is 5.12. The van der Waals surface area contributed by atoms with Gasteiger partial charge in [0.05, 0.1) is 22.8 Å². The van der Waals surface area contributed by atoms with E-state index in [-0.39, 0.29) is 23.3 Å². The van der Waals surface area contributed by atoms with Crippen LogP contribution in [0.3, 0.4) is 0 Å². The summed E-state index contributed by atoms with van der Waals surface area (Å²) in [5.41, 5.74) is -1.56. The molecule has 11 heteroatoms. The number of aryl methyl sites for hydroxylation is 1. The largest absolute Gasteiger partial charge is 0.418 e. The first kappa shape index (κ1) is 22.6. The minimum absolute atomic E-state index is 0.122. The molecule has 0 bridgehead atoms. The average Bonchev–Trinajstić information content (AvgIpc) is 3.37. The third-order valence-corrected chi connectivity index (χ3v) is 6.72. The predicted octanol–water partition coefficient (Wildman–Crippen LogP) is 3.46. The van der Waals surface area contributed by atoms with Gasteiger partial charge < -0.3 is 4.57 Å².